The average molecular weight is 546 g/mol. The highest BCUT2D eigenvalue weighted by atomic mass is 32.1. The number of hydrogen-bond acceptors (Lipinski definition) is 8. The van der Waals surface area contributed by atoms with Crippen LogP contribution in [-0.4, -0.2) is 35.3 Å². The molecule has 200 valence electrons. The van der Waals surface area contributed by atoms with Gasteiger partial charge in [0, 0.05) is 0 Å². The number of benzene rings is 2. The number of aromatic nitrogens is 1. The molecule has 12 heteroatoms. The largest absolute Gasteiger partial charge is 0.494 e. The Morgan fingerprint density at radius 1 is 1.16 bits per heavy atom. The van der Waals surface area contributed by atoms with Crippen LogP contribution in [0, 0.1) is 22.1 Å². The number of methoxy groups -OCH3 is 1. The predicted molar refractivity (Wildman–Crippen MR) is 139 cm³/mol. The monoisotopic (exact) mass is 545 g/mol. The van der Waals surface area contributed by atoms with E-state index in [0.29, 0.717) is 44.9 Å². The zero-order valence-corrected chi connectivity index (χ0v) is 21.8. The summed E-state index contributed by atoms with van der Waals surface area (Å²) in [5.41, 5.74) is 0.169. The minimum absolute atomic E-state index is 0.0375. The van der Waals surface area contributed by atoms with Crippen molar-refractivity contribution in [2.45, 2.75) is 51.2 Å². The van der Waals surface area contributed by atoms with Crippen molar-refractivity contribution in [1.29, 1.82) is 16.1 Å². The molecule has 3 N–H and O–H groups in total. The second-order valence-electron chi connectivity index (χ2n) is 8.25. The molecule has 38 heavy (non-hydrogen) atoms. The van der Waals surface area contributed by atoms with Crippen LogP contribution in [0.5, 0.6) is 5.75 Å². The van der Waals surface area contributed by atoms with Gasteiger partial charge in [0.2, 0.25) is 5.91 Å². The van der Waals surface area contributed by atoms with Gasteiger partial charge in [0.05, 0.1) is 29.9 Å². The molecule has 0 bridgehead atoms. The molecule has 0 unspecified atom stereocenters. The van der Waals surface area contributed by atoms with E-state index in [1.54, 1.807) is 12.1 Å². The van der Waals surface area contributed by atoms with Crippen LogP contribution in [0.1, 0.15) is 43.7 Å². The van der Waals surface area contributed by atoms with Gasteiger partial charge < -0.3 is 14.8 Å². The van der Waals surface area contributed by atoms with Crippen LogP contribution in [0.25, 0.3) is 21.3 Å². The average Bonchev–Trinajstić information content (AvgIpc) is 3.52. The maximum Gasteiger partial charge on any atom is 0.416 e. The first-order chi connectivity index (χ1) is 18.0. The lowest BCUT2D eigenvalue weighted by Crippen LogP contribution is -2.37. The number of nitriles is 1. The second kappa shape index (κ2) is 11.6. The van der Waals surface area contributed by atoms with Crippen molar-refractivity contribution in [3.8, 4) is 22.9 Å². The van der Waals surface area contributed by atoms with E-state index in [0.717, 1.165) is 12.1 Å². The molecule has 0 radical (unpaired) electrons. The number of ether oxygens (including phenoxy) is 2. The number of nitrogens with one attached hydrogen (secondary N) is 3. The van der Waals surface area contributed by atoms with Crippen molar-refractivity contribution in [3.63, 3.8) is 0 Å². The normalized spacial score (nSPS) is 13.5. The minimum Gasteiger partial charge on any atom is -0.494 e. The SMILES string of the molecule is CC.COc1cc(-c2ccc(C(F)(F)F)cc2)cc2sc(CC(=N)OC(=N)CC(=O)NC3(C#N)CC3)nc12. The Labute approximate surface area is 221 Å². The maximum atomic E-state index is 12.9. The molecule has 8 nitrogen and oxygen atoms in total. The van der Waals surface area contributed by atoms with Gasteiger partial charge in [-0.2, -0.15) is 18.4 Å². The molecule has 1 heterocycles. The molecule has 0 aliphatic heterocycles. The Bertz CT molecular complexity index is 1390. The van der Waals surface area contributed by atoms with Crippen LogP contribution in [0.2, 0.25) is 0 Å². The van der Waals surface area contributed by atoms with E-state index in [1.165, 1.54) is 30.6 Å². The van der Waals surface area contributed by atoms with Gasteiger partial charge in [-0.3, -0.25) is 15.6 Å². The van der Waals surface area contributed by atoms with E-state index < -0.39 is 35.5 Å². The van der Waals surface area contributed by atoms with Crippen molar-refractivity contribution >= 4 is 39.3 Å². The van der Waals surface area contributed by atoms with Crippen molar-refractivity contribution in [2.24, 2.45) is 0 Å². The molecule has 0 saturated heterocycles. The van der Waals surface area contributed by atoms with Gasteiger partial charge in [-0.05, 0) is 48.2 Å². The number of amides is 1. The Morgan fingerprint density at radius 3 is 2.37 bits per heavy atom. The Morgan fingerprint density at radius 2 is 1.82 bits per heavy atom. The number of nitrogens with zero attached hydrogens (tertiary/aromatic N) is 2. The number of carbonyl (C=O) groups excluding carboxylic acids is 1. The molecular weight excluding hydrogens is 519 g/mol. The molecule has 1 fully saturated rings. The summed E-state index contributed by atoms with van der Waals surface area (Å²) in [6.45, 7) is 4.00. The Kier molecular flexibility index (Phi) is 8.73. The number of alkyl halides is 3. The van der Waals surface area contributed by atoms with Gasteiger partial charge in [0.1, 0.15) is 28.2 Å². The lowest BCUT2D eigenvalue weighted by Gasteiger charge is -2.10. The first-order valence-corrected chi connectivity index (χ1v) is 12.5. The molecule has 0 spiro atoms. The number of halogens is 3. The third-order valence-electron chi connectivity index (χ3n) is 5.49. The molecule has 3 aromatic rings. The highest BCUT2D eigenvalue weighted by molar-refractivity contribution is 7.18. The molecule has 1 saturated carbocycles. The van der Waals surface area contributed by atoms with Gasteiger partial charge in [0.15, 0.2) is 11.8 Å². The van der Waals surface area contributed by atoms with E-state index in [4.69, 9.17) is 25.6 Å². The summed E-state index contributed by atoms with van der Waals surface area (Å²) in [6, 6.07) is 10.3. The molecule has 1 aliphatic carbocycles. The third kappa shape index (κ3) is 6.86. The smallest absolute Gasteiger partial charge is 0.416 e. The minimum atomic E-state index is -4.42. The highest BCUT2D eigenvalue weighted by Gasteiger charge is 2.44. The summed E-state index contributed by atoms with van der Waals surface area (Å²) in [6.07, 6.45) is -3.71. The molecule has 0 atom stereocenters. The summed E-state index contributed by atoms with van der Waals surface area (Å²) >= 11 is 1.25. The first-order valence-electron chi connectivity index (χ1n) is 11.7. The predicted octanol–water partition coefficient (Wildman–Crippen LogP) is 6.09. The molecule has 1 aliphatic rings. The van der Waals surface area contributed by atoms with Gasteiger partial charge in [-0.15, -0.1) is 11.3 Å². The third-order valence-corrected chi connectivity index (χ3v) is 6.49. The molecular formula is C26H26F3N5O3S. The first kappa shape index (κ1) is 28.6. The summed E-state index contributed by atoms with van der Waals surface area (Å²) in [5, 5.41) is 28.0. The van der Waals surface area contributed by atoms with Crippen LogP contribution in [0.3, 0.4) is 0 Å². The van der Waals surface area contributed by atoms with E-state index in [9.17, 15) is 18.0 Å². The Balaban J connectivity index is 0.00000195. The summed E-state index contributed by atoms with van der Waals surface area (Å²) in [4.78, 5) is 16.5. The van der Waals surface area contributed by atoms with E-state index in [2.05, 4.69) is 10.3 Å². The van der Waals surface area contributed by atoms with Crippen LogP contribution < -0.4 is 10.1 Å². The van der Waals surface area contributed by atoms with Gasteiger partial charge in [-0.1, -0.05) is 26.0 Å². The van der Waals surface area contributed by atoms with Crippen LogP contribution >= 0.6 is 11.3 Å². The molecule has 1 aromatic heterocycles. The Hall–Kier alpha value is -3.98. The summed E-state index contributed by atoms with van der Waals surface area (Å²) in [5.74, 6) is -0.801. The molecule has 1 amide bonds. The number of carbonyl (C=O) groups is 1. The topological polar surface area (TPSA) is 132 Å². The van der Waals surface area contributed by atoms with E-state index >= 15 is 0 Å². The highest BCUT2D eigenvalue weighted by Crippen LogP contribution is 2.37. The van der Waals surface area contributed by atoms with Crippen LogP contribution in [0.4, 0.5) is 13.2 Å². The van der Waals surface area contributed by atoms with Crippen molar-refractivity contribution < 1.29 is 27.4 Å². The number of rotatable bonds is 7. The van der Waals surface area contributed by atoms with Crippen molar-refractivity contribution in [3.05, 3.63) is 47.0 Å². The zero-order valence-electron chi connectivity index (χ0n) is 21.0. The fraction of sp³-hybridized carbons (Fsp3) is 0.346. The lowest BCUT2D eigenvalue weighted by atomic mass is 10.0. The summed E-state index contributed by atoms with van der Waals surface area (Å²) in [7, 11) is 1.46. The fourth-order valence-electron chi connectivity index (χ4n) is 3.50. The maximum absolute atomic E-state index is 12.9. The number of fused-ring (bicyclic) bond motifs is 1. The van der Waals surface area contributed by atoms with Gasteiger partial charge >= 0.3 is 6.18 Å². The molecule has 2 aromatic carbocycles. The van der Waals surface area contributed by atoms with Gasteiger partial charge in [0.25, 0.3) is 0 Å². The standard InChI is InChI=1S/C24H20F3N5O3S.C2H6/c1-34-16-8-14(13-2-4-15(5-3-13)24(25,26)27)9-17-22(16)31-21(36-17)11-19(30)35-18(29)10-20(33)32-23(12-28)6-7-23;1-2/h2-5,8-9,29-30H,6-7,10-11H2,1H3,(H,32,33);1-2H3. The zero-order chi connectivity index (χ0) is 28.1. The van der Waals surface area contributed by atoms with E-state index in [-0.39, 0.29) is 12.3 Å². The van der Waals surface area contributed by atoms with Crippen LogP contribution in [0.15, 0.2) is 36.4 Å². The van der Waals surface area contributed by atoms with Crippen molar-refractivity contribution in [1.82, 2.24) is 10.3 Å². The quantitative estimate of drug-likeness (QED) is 0.244. The fourth-order valence-corrected chi connectivity index (χ4v) is 4.52. The van der Waals surface area contributed by atoms with Crippen molar-refractivity contribution in [2.75, 3.05) is 7.11 Å². The van der Waals surface area contributed by atoms with E-state index in [1.807, 2.05) is 19.9 Å². The molecule has 4 rings (SSSR count). The summed E-state index contributed by atoms with van der Waals surface area (Å²) < 4.78 is 49.9. The second-order valence-corrected chi connectivity index (χ2v) is 9.37. The number of hydrogen-bond donors (Lipinski definition) is 3. The number of thiazole rings is 1. The van der Waals surface area contributed by atoms with Gasteiger partial charge in [-0.25, -0.2) is 4.98 Å². The van der Waals surface area contributed by atoms with Crippen LogP contribution in [-0.2, 0) is 22.1 Å². The lowest BCUT2D eigenvalue weighted by molar-refractivity contribution is -0.137.